The monoisotopic (exact) mass is 256 g/mol. The summed E-state index contributed by atoms with van der Waals surface area (Å²) in [6.45, 7) is 7.66. The van der Waals surface area contributed by atoms with E-state index in [4.69, 9.17) is 11.1 Å². The van der Waals surface area contributed by atoms with E-state index in [0.29, 0.717) is 13.1 Å². The van der Waals surface area contributed by atoms with Crippen molar-refractivity contribution in [1.82, 2.24) is 9.80 Å². The Hall–Kier alpha value is -1.46. The highest BCUT2D eigenvalue weighted by molar-refractivity contribution is 5.74. The van der Waals surface area contributed by atoms with Crippen molar-refractivity contribution in [1.29, 1.82) is 5.41 Å². The molecule has 6 nitrogen and oxygen atoms in total. The van der Waals surface area contributed by atoms with Crippen molar-refractivity contribution in [2.45, 2.75) is 39.2 Å². The SMILES string of the molecule is CC(C)(C)N(CC1CCCN(C(=N)N)C1)C(=O)O. The summed E-state index contributed by atoms with van der Waals surface area (Å²) in [5.41, 5.74) is 5.09. The summed E-state index contributed by atoms with van der Waals surface area (Å²) in [5, 5.41) is 16.7. The number of nitrogens with one attached hydrogen (secondary N) is 1. The van der Waals surface area contributed by atoms with Gasteiger partial charge in [0.2, 0.25) is 0 Å². The number of carbonyl (C=O) groups is 1. The van der Waals surface area contributed by atoms with Crippen molar-refractivity contribution in [3.05, 3.63) is 0 Å². The van der Waals surface area contributed by atoms with Gasteiger partial charge in [-0.3, -0.25) is 5.41 Å². The Balaban J connectivity index is 2.64. The third-order valence-corrected chi connectivity index (χ3v) is 3.34. The molecule has 18 heavy (non-hydrogen) atoms. The Labute approximate surface area is 108 Å². The highest BCUT2D eigenvalue weighted by atomic mass is 16.4. The molecule has 1 fully saturated rings. The lowest BCUT2D eigenvalue weighted by Gasteiger charge is -2.39. The number of nitrogens with zero attached hydrogens (tertiary/aromatic N) is 2. The van der Waals surface area contributed by atoms with Gasteiger partial charge in [-0.1, -0.05) is 0 Å². The van der Waals surface area contributed by atoms with Gasteiger partial charge in [0.15, 0.2) is 5.96 Å². The molecule has 1 rings (SSSR count). The Morgan fingerprint density at radius 3 is 2.61 bits per heavy atom. The second-order valence-electron chi connectivity index (χ2n) is 5.90. The number of guanidine groups is 1. The van der Waals surface area contributed by atoms with Crippen LogP contribution in [0.5, 0.6) is 0 Å². The van der Waals surface area contributed by atoms with Crippen molar-refractivity contribution < 1.29 is 9.90 Å². The van der Waals surface area contributed by atoms with E-state index in [0.717, 1.165) is 19.4 Å². The van der Waals surface area contributed by atoms with Crippen LogP contribution in [-0.4, -0.2) is 52.1 Å². The molecule has 0 aliphatic carbocycles. The zero-order chi connectivity index (χ0) is 13.9. The van der Waals surface area contributed by atoms with Crippen LogP contribution in [-0.2, 0) is 0 Å². The second-order valence-corrected chi connectivity index (χ2v) is 5.90. The molecule has 1 saturated heterocycles. The maximum Gasteiger partial charge on any atom is 0.407 e. The molecular formula is C12H24N4O2. The Bertz CT molecular complexity index is 325. The molecule has 0 radical (unpaired) electrons. The lowest BCUT2D eigenvalue weighted by atomic mass is 9.95. The first kappa shape index (κ1) is 14.6. The van der Waals surface area contributed by atoms with E-state index >= 15 is 0 Å². The summed E-state index contributed by atoms with van der Waals surface area (Å²) in [7, 11) is 0. The normalized spacial score (nSPS) is 20.6. The van der Waals surface area contributed by atoms with Gasteiger partial charge in [0.1, 0.15) is 0 Å². The van der Waals surface area contributed by atoms with E-state index in [1.54, 1.807) is 0 Å². The van der Waals surface area contributed by atoms with E-state index < -0.39 is 11.6 Å². The van der Waals surface area contributed by atoms with Gasteiger partial charge in [0, 0.05) is 25.2 Å². The van der Waals surface area contributed by atoms with Gasteiger partial charge in [-0.05, 0) is 39.5 Å². The summed E-state index contributed by atoms with van der Waals surface area (Å²) >= 11 is 0. The van der Waals surface area contributed by atoms with Gasteiger partial charge in [0.25, 0.3) is 0 Å². The van der Waals surface area contributed by atoms with Gasteiger partial charge < -0.3 is 20.6 Å². The quantitative estimate of drug-likeness (QED) is 0.514. The molecule has 104 valence electrons. The lowest BCUT2D eigenvalue weighted by molar-refractivity contribution is 0.0787. The van der Waals surface area contributed by atoms with Crippen molar-refractivity contribution >= 4 is 12.1 Å². The van der Waals surface area contributed by atoms with Crippen LogP contribution in [0.4, 0.5) is 4.79 Å². The Morgan fingerprint density at radius 2 is 2.17 bits per heavy atom. The van der Waals surface area contributed by atoms with Crippen LogP contribution in [0.3, 0.4) is 0 Å². The van der Waals surface area contributed by atoms with E-state index in [9.17, 15) is 9.90 Å². The Morgan fingerprint density at radius 1 is 1.56 bits per heavy atom. The molecule has 0 spiro atoms. The number of hydrogen-bond acceptors (Lipinski definition) is 2. The van der Waals surface area contributed by atoms with Crippen molar-refractivity contribution in [2.75, 3.05) is 19.6 Å². The van der Waals surface area contributed by atoms with Gasteiger partial charge >= 0.3 is 6.09 Å². The largest absolute Gasteiger partial charge is 0.465 e. The first-order valence-corrected chi connectivity index (χ1v) is 6.31. The number of likely N-dealkylation sites (tertiary alicyclic amines) is 1. The molecule has 1 amide bonds. The topological polar surface area (TPSA) is 93.7 Å². The van der Waals surface area contributed by atoms with Crippen LogP contribution < -0.4 is 5.73 Å². The average molecular weight is 256 g/mol. The van der Waals surface area contributed by atoms with Crippen molar-refractivity contribution in [3.63, 3.8) is 0 Å². The van der Waals surface area contributed by atoms with Crippen molar-refractivity contribution in [3.8, 4) is 0 Å². The average Bonchev–Trinajstić information content (AvgIpc) is 2.24. The minimum Gasteiger partial charge on any atom is -0.465 e. The Kier molecular flexibility index (Phi) is 4.43. The molecule has 0 aromatic rings. The number of piperidine rings is 1. The first-order valence-electron chi connectivity index (χ1n) is 6.31. The molecule has 1 unspecified atom stereocenters. The number of hydrogen-bond donors (Lipinski definition) is 3. The third kappa shape index (κ3) is 3.78. The molecule has 4 N–H and O–H groups in total. The smallest absolute Gasteiger partial charge is 0.407 e. The number of amides is 1. The van der Waals surface area contributed by atoms with Crippen LogP contribution in [0, 0.1) is 11.3 Å². The van der Waals surface area contributed by atoms with Crippen molar-refractivity contribution in [2.24, 2.45) is 11.7 Å². The lowest BCUT2D eigenvalue weighted by Crippen LogP contribution is -2.51. The summed E-state index contributed by atoms with van der Waals surface area (Å²) in [4.78, 5) is 14.6. The minimum atomic E-state index is -0.887. The molecule has 0 bridgehead atoms. The van der Waals surface area contributed by atoms with Crippen LogP contribution in [0.15, 0.2) is 0 Å². The molecule has 1 aliphatic rings. The van der Waals surface area contributed by atoms with Crippen LogP contribution >= 0.6 is 0 Å². The fraction of sp³-hybridized carbons (Fsp3) is 0.833. The molecule has 1 aliphatic heterocycles. The number of nitrogens with two attached hydrogens (primary N) is 1. The van der Waals surface area contributed by atoms with Gasteiger partial charge in [-0.25, -0.2) is 4.79 Å². The highest BCUT2D eigenvalue weighted by Gasteiger charge is 2.30. The van der Waals surface area contributed by atoms with E-state index in [1.165, 1.54) is 4.90 Å². The van der Waals surface area contributed by atoms with Crippen LogP contribution in [0.2, 0.25) is 0 Å². The highest BCUT2D eigenvalue weighted by Crippen LogP contribution is 2.21. The maximum atomic E-state index is 11.3. The second kappa shape index (κ2) is 5.46. The molecule has 1 atom stereocenters. The molecular weight excluding hydrogens is 232 g/mol. The molecule has 0 aromatic carbocycles. The minimum absolute atomic E-state index is 0.0809. The first-order chi connectivity index (χ1) is 8.21. The van der Waals surface area contributed by atoms with Gasteiger partial charge in [0.05, 0.1) is 0 Å². The third-order valence-electron chi connectivity index (χ3n) is 3.34. The van der Waals surface area contributed by atoms with E-state index in [-0.39, 0.29) is 11.9 Å². The number of carboxylic acid groups (broad SMARTS) is 1. The summed E-state index contributed by atoms with van der Waals surface area (Å²) in [6, 6.07) is 0. The maximum absolute atomic E-state index is 11.3. The van der Waals surface area contributed by atoms with E-state index in [2.05, 4.69) is 0 Å². The van der Waals surface area contributed by atoms with Crippen LogP contribution in [0.1, 0.15) is 33.6 Å². The molecule has 0 aromatic heterocycles. The van der Waals surface area contributed by atoms with Crippen LogP contribution in [0.25, 0.3) is 0 Å². The summed E-state index contributed by atoms with van der Waals surface area (Å²) < 4.78 is 0. The molecule has 0 saturated carbocycles. The summed E-state index contributed by atoms with van der Waals surface area (Å²) in [6.07, 6.45) is 1.06. The zero-order valence-electron chi connectivity index (χ0n) is 11.4. The van der Waals surface area contributed by atoms with Gasteiger partial charge in [-0.15, -0.1) is 0 Å². The fourth-order valence-corrected chi connectivity index (χ4v) is 2.33. The summed E-state index contributed by atoms with van der Waals surface area (Å²) in [5.74, 6) is 0.329. The predicted molar refractivity (Wildman–Crippen MR) is 70.7 cm³/mol. The molecule has 1 heterocycles. The zero-order valence-corrected chi connectivity index (χ0v) is 11.4. The van der Waals surface area contributed by atoms with Gasteiger partial charge in [-0.2, -0.15) is 0 Å². The standard InChI is InChI=1S/C12H24N4O2/c1-12(2,3)16(11(17)18)8-9-5-4-6-15(7-9)10(13)14/h9H,4-8H2,1-3H3,(H3,13,14)(H,17,18). The fourth-order valence-electron chi connectivity index (χ4n) is 2.33. The number of rotatable bonds is 2. The molecule has 6 heteroatoms. The van der Waals surface area contributed by atoms with E-state index in [1.807, 2.05) is 25.7 Å². The predicted octanol–water partition coefficient (Wildman–Crippen LogP) is 1.37.